The van der Waals surface area contributed by atoms with E-state index in [-0.39, 0.29) is 0 Å². The zero-order chi connectivity index (χ0) is 4.50. The molecule has 0 saturated carbocycles. The van der Waals surface area contributed by atoms with Gasteiger partial charge in [-0.15, -0.1) is 0 Å². The minimum Gasteiger partial charge on any atom is -0.240 e. The summed E-state index contributed by atoms with van der Waals surface area (Å²) in [7, 11) is 0.438. The molecule has 0 aromatic heterocycles. The summed E-state index contributed by atoms with van der Waals surface area (Å²) in [6.07, 6.45) is 0. The van der Waals surface area contributed by atoms with E-state index in [2.05, 4.69) is 12.3 Å². The van der Waals surface area contributed by atoms with Gasteiger partial charge in [0, 0.05) is 0 Å². The van der Waals surface area contributed by atoms with Crippen molar-refractivity contribution < 1.29 is 8.42 Å². The first-order chi connectivity index (χ1) is 2.00. The molecule has 5 heavy (non-hydrogen) atoms. The van der Waals surface area contributed by atoms with Crippen LogP contribution in [-0.2, 0) is 9.87 Å². The SMILES string of the molecule is [B]S(N)(=O)=O. The molecule has 2 radical (unpaired) electrons. The van der Waals surface area contributed by atoms with Crippen LogP contribution in [-0.4, -0.2) is 15.5 Å². The molecule has 0 aromatic rings. The monoisotopic (exact) mass is 91.0 g/mol. The number of hydrogen-bond acceptors (Lipinski definition) is 2. The van der Waals surface area contributed by atoms with Gasteiger partial charge in [0.15, 0.2) is 0 Å². The molecule has 0 spiro atoms. The topological polar surface area (TPSA) is 60.2 Å². The summed E-state index contributed by atoms with van der Waals surface area (Å²) in [4.78, 5) is 0. The maximum absolute atomic E-state index is 9.19. The Morgan fingerprint density at radius 1 is 1.60 bits per heavy atom. The Morgan fingerprint density at radius 2 is 1.60 bits per heavy atom. The summed E-state index contributed by atoms with van der Waals surface area (Å²) in [5, 5.41) is 4.10. The normalized spacial score (nSPS) is 11.4. The Kier molecular flexibility index (Phi) is 0.980. The van der Waals surface area contributed by atoms with Gasteiger partial charge < -0.3 is 0 Å². The number of hydrogen-bond donors (Lipinski definition) is 1. The largest absolute Gasteiger partial charge is 0.277 e. The molecular weight excluding hydrogens is 88.9 g/mol. The van der Waals surface area contributed by atoms with E-state index in [1.54, 1.807) is 0 Å². The average Bonchev–Trinajstić information content (AvgIpc) is 0.722. The van der Waals surface area contributed by atoms with Crippen LogP contribution in [0.4, 0.5) is 0 Å². The Balaban J connectivity index is 4.06. The van der Waals surface area contributed by atoms with Crippen molar-refractivity contribution in [2.45, 2.75) is 0 Å². The highest BCUT2D eigenvalue weighted by molar-refractivity contribution is 8.10. The summed E-state index contributed by atoms with van der Waals surface area (Å²) in [6.45, 7) is 0. The van der Waals surface area contributed by atoms with Gasteiger partial charge in [-0.3, -0.25) is 0 Å². The molecule has 0 saturated heterocycles. The number of rotatable bonds is 0. The summed E-state index contributed by atoms with van der Waals surface area (Å²) in [5.74, 6) is 0. The highest BCUT2D eigenvalue weighted by Crippen LogP contribution is 1.48. The van der Waals surface area contributed by atoms with Crippen molar-refractivity contribution in [2.75, 3.05) is 0 Å². The van der Waals surface area contributed by atoms with Crippen molar-refractivity contribution >= 4 is 17.0 Å². The quantitative estimate of drug-likeness (QED) is 0.363. The smallest absolute Gasteiger partial charge is 0.240 e. The molecule has 0 heterocycles. The van der Waals surface area contributed by atoms with E-state index < -0.39 is 9.87 Å². The van der Waals surface area contributed by atoms with Gasteiger partial charge >= 0.3 is 0 Å². The highest BCUT2D eigenvalue weighted by atomic mass is 32.2. The minimum absolute atomic E-state index is 3.67. The third kappa shape index (κ3) is 24700. The maximum Gasteiger partial charge on any atom is 0.277 e. The molecule has 0 aliphatic carbocycles. The van der Waals surface area contributed by atoms with E-state index in [1.807, 2.05) is 0 Å². The van der Waals surface area contributed by atoms with Gasteiger partial charge in [0.1, 0.15) is 9.87 Å². The molecule has 3 nitrogen and oxygen atoms in total. The molecule has 0 atom stereocenters. The highest BCUT2D eigenvalue weighted by Gasteiger charge is 1.79. The lowest BCUT2D eigenvalue weighted by molar-refractivity contribution is 0.611. The van der Waals surface area contributed by atoms with E-state index in [9.17, 15) is 8.42 Å². The third-order valence-electron chi connectivity index (χ3n) is 0. The van der Waals surface area contributed by atoms with Gasteiger partial charge in [0.25, 0.3) is 7.12 Å². The second-order valence-corrected chi connectivity index (χ2v) is 1.77. The van der Waals surface area contributed by atoms with Crippen LogP contribution in [0.15, 0.2) is 0 Å². The number of nitrogens with two attached hydrogens (primary N) is 1. The van der Waals surface area contributed by atoms with Gasteiger partial charge in [0.2, 0.25) is 0 Å². The first-order valence-corrected chi connectivity index (χ1v) is 2.41. The second kappa shape index (κ2) is 0.985. The van der Waals surface area contributed by atoms with Crippen LogP contribution in [0.5, 0.6) is 0 Å². The molecule has 0 aromatic carbocycles. The minimum atomic E-state index is -3.67. The lowest BCUT2D eigenvalue weighted by atomic mass is 10.8. The van der Waals surface area contributed by atoms with E-state index in [4.69, 9.17) is 0 Å². The molecule has 0 unspecified atom stereocenters. The van der Waals surface area contributed by atoms with Gasteiger partial charge in [-0.05, 0) is 0 Å². The summed E-state index contributed by atoms with van der Waals surface area (Å²) in [6, 6.07) is 0. The Labute approximate surface area is 31.5 Å². The van der Waals surface area contributed by atoms with E-state index in [1.165, 1.54) is 0 Å². The van der Waals surface area contributed by atoms with Crippen molar-refractivity contribution in [1.29, 1.82) is 0 Å². The first-order valence-electron chi connectivity index (χ1n) is 0.805. The van der Waals surface area contributed by atoms with Crippen molar-refractivity contribution in [1.82, 2.24) is 0 Å². The molecule has 0 bridgehead atoms. The summed E-state index contributed by atoms with van der Waals surface area (Å²) >= 11 is 0. The molecule has 0 aliphatic rings. The standard InChI is InChI=1S/BH2NO2S/c1-5(2,3)4/h(H2,2,3,4). The van der Waals surface area contributed by atoms with Gasteiger partial charge in [-0.25, -0.2) is 13.6 Å². The van der Waals surface area contributed by atoms with Crippen molar-refractivity contribution in [3.05, 3.63) is 0 Å². The van der Waals surface area contributed by atoms with E-state index in [0.717, 1.165) is 0 Å². The van der Waals surface area contributed by atoms with Gasteiger partial charge in [0.05, 0.1) is 0 Å². The summed E-state index contributed by atoms with van der Waals surface area (Å²) < 4.78 is 18.4. The molecular formula is H2BNO2S. The van der Waals surface area contributed by atoms with Crippen LogP contribution in [0.3, 0.4) is 0 Å². The maximum atomic E-state index is 9.19. The van der Waals surface area contributed by atoms with Crippen LogP contribution >= 0.6 is 0 Å². The van der Waals surface area contributed by atoms with E-state index in [0.29, 0.717) is 0 Å². The van der Waals surface area contributed by atoms with Gasteiger partial charge in [-0.1, -0.05) is 0 Å². The molecule has 0 amide bonds. The molecule has 28 valence electrons. The Morgan fingerprint density at radius 3 is 1.60 bits per heavy atom. The molecule has 2 N–H and O–H groups in total. The van der Waals surface area contributed by atoms with E-state index >= 15 is 0 Å². The predicted molar refractivity (Wildman–Crippen MR) is 18.9 cm³/mol. The fourth-order valence-corrected chi connectivity index (χ4v) is 0. The Bertz CT molecular complexity index is 92.8. The van der Waals surface area contributed by atoms with Crippen LogP contribution in [0.1, 0.15) is 0 Å². The molecule has 0 fully saturated rings. The third-order valence-corrected chi connectivity index (χ3v) is 0. The second-order valence-electron chi connectivity index (χ2n) is 0.589. The lowest BCUT2D eigenvalue weighted by Crippen LogP contribution is -2.09. The fraction of sp³-hybridized carbons (Fsp3) is 0. The van der Waals surface area contributed by atoms with Crippen LogP contribution in [0, 0.1) is 0 Å². The van der Waals surface area contributed by atoms with Crippen molar-refractivity contribution in [2.24, 2.45) is 5.14 Å². The average molecular weight is 90.9 g/mol. The zero-order valence-electron chi connectivity index (χ0n) is 2.38. The fourth-order valence-electron chi connectivity index (χ4n) is 0. The Hall–Kier alpha value is -0.0251. The van der Waals surface area contributed by atoms with Crippen molar-refractivity contribution in [3.8, 4) is 0 Å². The van der Waals surface area contributed by atoms with Crippen LogP contribution < -0.4 is 5.14 Å². The van der Waals surface area contributed by atoms with Crippen LogP contribution in [0.25, 0.3) is 0 Å². The van der Waals surface area contributed by atoms with Gasteiger partial charge in [-0.2, -0.15) is 0 Å². The first kappa shape index (κ1) is 4.97. The predicted octanol–water partition coefficient (Wildman–Crippen LogP) is -1.64. The molecule has 5 heteroatoms. The molecule has 0 aliphatic heterocycles. The van der Waals surface area contributed by atoms with Crippen molar-refractivity contribution in [3.63, 3.8) is 0 Å². The molecule has 0 rings (SSSR count). The lowest BCUT2D eigenvalue weighted by Gasteiger charge is -1.71. The zero-order valence-corrected chi connectivity index (χ0v) is 3.20. The summed E-state index contributed by atoms with van der Waals surface area (Å²) in [5.41, 5.74) is 0. The van der Waals surface area contributed by atoms with Crippen LogP contribution in [0.2, 0.25) is 0 Å².